The Morgan fingerprint density at radius 1 is 1.11 bits per heavy atom. The minimum Gasteiger partial charge on any atom is -0.415 e. The number of hydrogen-bond acceptors (Lipinski definition) is 8. The highest BCUT2D eigenvalue weighted by Crippen LogP contribution is 2.37. The first-order chi connectivity index (χ1) is 17.7. The van der Waals surface area contributed by atoms with Crippen LogP contribution < -0.4 is 0 Å². The van der Waals surface area contributed by atoms with E-state index in [-0.39, 0.29) is 29.7 Å². The summed E-state index contributed by atoms with van der Waals surface area (Å²) in [6.45, 7) is 8.50. The van der Waals surface area contributed by atoms with Crippen molar-refractivity contribution < 1.29 is 22.8 Å². The van der Waals surface area contributed by atoms with Crippen LogP contribution in [-0.2, 0) is 16.8 Å². The number of aromatic nitrogens is 4. The first-order valence-electron chi connectivity index (χ1n) is 12.0. The van der Waals surface area contributed by atoms with Gasteiger partial charge in [-0.1, -0.05) is 19.1 Å². The van der Waals surface area contributed by atoms with Crippen LogP contribution in [0.5, 0.6) is 0 Å². The topological polar surface area (TPSA) is 105 Å². The van der Waals surface area contributed by atoms with E-state index >= 15 is 0 Å². The van der Waals surface area contributed by atoms with Crippen LogP contribution in [0.1, 0.15) is 66.8 Å². The third-order valence-electron chi connectivity index (χ3n) is 6.94. The lowest BCUT2D eigenvalue weighted by Crippen LogP contribution is -2.51. The lowest BCUT2D eigenvalue weighted by molar-refractivity contribution is -0.134. The molecule has 0 saturated carbocycles. The third kappa shape index (κ3) is 4.55. The van der Waals surface area contributed by atoms with Gasteiger partial charge >= 0.3 is 6.43 Å². The van der Waals surface area contributed by atoms with Crippen molar-refractivity contribution in [3.8, 4) is 11.5 Å². The molecule has 9 nitrogen and oxygen atoms in total. The summed E-state index contributed by atoms with van der Waals surface area (Å²) in [6, 6.07) is 5.71. The van der Waals surface area contributed by atoms with Gasteiger partial charge in [0.2, 0.25) is 5.91 Å². The van der Waals surface area contributed by atoms with Gasteiger partial charge in [0.25, 0.3) is 17.7 Å². The standard InChI is InChI=1S/C26H26F2N6O3/c1-4-33-9-7-15(8-10-33)16-5-6-18-19(11-16)26(2,3)25(36)34(24(18)35)14-20-29-12-17(13-30-20)22-31-32-23(37-22)21(27)28/h5-7,11-13,21H,4,8-10,14H2,1-3H3. The molecule has 192 valence electrons. The monoisotopic (exact) mass is 508 g/mol. The number of rotatable bonds is 6. The first kappa shape index (κ1) is 24.8. The predicted octanol–water partition coefficient (Wildman–Crippen LogP) is 4.03. The second-order valence-electron chi connectivity index (χ2n) is 9.59. The van der Waals surface area contributed by atoms with Crippen LogP contribution in [0.2, 0.25) is 0 Å². The number of fused-ring (bicyclic) bond motifs is 1. The van der Waals surface area contributed by atoms with E-state index in [1.165, 1.54) is 18.0 Å². The second-order valence-corrected chi connectivity index (χ2v) is 9.59. The first-order valence-corrected chi connectivity index (χ1v) is 12.0. The summed E-state index contributed by atoms with van der Waals surface area (Å²) in [5, 5.41) is 6.85. The van der Waals surface area contributed by atoms with Gasteiger partial charge in [-0.15, -0.1) is 10.2 Å². The Hall–Kier alpha value is -3.86. The van der Waals surface area contributed by atoms with Crippen molar-refractivity contribution in [2.75, 3.05) is 19.6 Å². The summed E-state index contributed by atoms with van der Waals surface area (Å²) in [6.07, 6.45) is 2.90. The molecule has 0 unspecified atom stereocenters. The van der Waals surface area contributed by atoms with Crippen molar-refractivity contribution in [1.29, 1.82) is 0 Å². The number of carbonyl (C=O) groups excluding carboxylic acids is 2. The van der Waals surface area contributed by atoms with E-state index in [4.69, 9.17) is 4.42 Å². The Bertz CT molecular complexity index is 1380. The number of hydrogen-bond donors (Lipinski definition) is 0. The van der Waals surface area contributed by atoms with Crippen LogP contribution in [-0.4, -0.2) is 61.4 Å². The molecule has 5 rings (SSSR count). The summed E-state index contributed by atoms with van der Waals surface area (Å²) in [4.78, 5) is 38.7. The highest BCUT2D eigenvalue weighted by atomic mass is 19.3. The Morgan fingerprint density at radius 2 is 1.86 bits per heavy atom. The molecule has 0 radical (unpaired) electrons. The van der Waals surface area contributed by atoms with Gasteiger partial charge in [-0.05, 0) is 55.6 Å². The van der Waals surface area contributed by atoms with Gasteiger partial charge in [-0.25, -0.2) is 9.97 Å². The van der Waals surface area contributed by atoms with Crippen LogP contribution in [0.15, 0.2) is 41.1 Å². The fourth-order valence-corrected chi connectivity index (χ4v) is 4.67. The van der Waals surface area contributed by atoms with Crippen LogP contribution in [0.3, 0.4) is 0 Å². The number of nitrogens with zero attached hydrogens (tertiary/aromatic N) is 6. The molecule has 1 aromatic carbocycles. The third-order valence-corrected chi connectivity index (χ3v) is 6.94. The van der Waals surface area contributed by atoms with Crippen molar-refractivity contribution in [3.63, 3.8) is 0 Å². The van der Waals surface area contributed by atoms with E-state index in [1.807, 2.05) is 26.0 Å². The van der Waals surface area contributed by atoms with Gasteiger partial charge in [-0.3, -0.25) is 19.4 Å². The molecule has 2 aromatic heterocycles. The van der Waals surface area contributed by atoms with Gasteiger partial charge in [-0.2, -0.15) is 8.78 Å². The average molecular weight is 509 g/mol. The number of amides is 2. The fourth-order valence-electron chi connectivity index (χ4n) is 4.67. The smallest absolute Gasteiger partial charge is 0.314 e. The number of imide groups is 1. The van der Waals surface area contributed by atoms with Crippen LogP contribution in [0, 0.1) is 0 Å². The number of halogens is 2. The quantitative estimate of drug-likeness (QED) is 0.460. The average Bonchev–Trinajstić information content (AvgIpc) is 3.41. The number of likely N-dealkylation sites (N-methyl/N-ethyl adjacent to an activating group) is 1. The minimum atomic E-state index is -2.88. The minimum absolute atomic E-state index is 0.132. The van der Waals surface area contributed by atoms with Gasteiger partial charge in [0.1, 0.15) is 5.82 Å². The normalized spacial score (nSPS) is 17.8. The SMILES string of the molecule is CCN1CC=C(c2ccc3c(c2)C(C)(C)C(=O)N(Cc2ncc(-c4nnc(C(F)F)o4)cn2)C3=O)CC1. The van der Waals surface area contributed by atoms with Gasteiger partial charge < -0.3 is 4.42 Å². The van der Waals surface area contributed by atoms with Gasteiger partial charge in [0.15, 0.2) is 0 Å². The number of carbonyl (C=O) groups is 2. The van der Waals surface area contributed by atoms with E-state index in [9.17, 15) is 18.4 Å². The molecule has 4 heterocycles. The van der Waals surface area contributed by atoms with Crippen molar-refractivity contribution in [2.24, 2.45) is 0 Å². The number of alkyl halides is 2. The van der Waals surface area contributed by atoms with E-state index < -0.39 is 23.6 Å². The van der Waals surface area contributed by atoms with Gasteiger partial charge in [0.05, 0.1) is 17.5 Å². The van der Waals surface area contributed by atoms with Crippen LogP contribution in [0.25, 0.3) is 17.0 Å². The Kier molecular flexibility index (Phi) is 6.40. The molecule has 11 heteroatoms. The molecule has 0 aliphatic carbocycles. The maximum atomic E-state index is 13.5. The zero-order valence-corrected chi connectivity index (χ0v) is 20.7. The molecule has 0 N–H and O–H groups in total. The molecule has 37 heavy (non-hydrogen) atoms. The largest absolute Gasteiger partial charge is 0.415 e. The fraction of sp³-hybridized carbons (Fsp3) is 0.385. The van der Waals surface area contributed by atoms with Crippen LogP contribution in [0.4, 0.5) is 8.78 Å². The Labute approximate surface area is 212 Å². The van der Waals surface area contributed by atoms with E-state index in [1.54, 1.807) is 6.07 Å². The zero-order chi connectivity index (χ0) is 26.3. The van der Waals surface area contributed by atoms with E-state index in [2.05, 4.69) is 38.1 Å². The van der Waals surface area contributed by atoms with Crippen molar-refractivity contribution in [3.05, 3.63) is 65.1 Å². The summed E-state index contributed by atoms with van der Waals surface area (Å²) in [7, 11) is 0. The molecule has 3 aromatic rings. The Balaban J connectivity index is 1.38. The highest BCUT2D eigenvalue weighted by molar-refractivity contribution is 6.13. The summed E-state index contributed by atoms with van der Waals surface area (Å²) >= 11 is 0. The maximum absolute atomic E-state index is 13.5. The lowest BCUT2D eigenvalue weighted by atomic mass is 9.76. The maximum Gasteiger partial charge on any atom is 0.314 e. The van der Waals surface area contributed by atoms with Crippen molar-refractivity contribution >= 4 is 17.4 Å². The molecule has 0 fully saturated rings. The zero-order valence-electron chi connectivity index (χ0n) is 20.7. The highest BCUT2D eigenvalue weighted by Gasteiger charge is 2.44. The van der Waals surface area contributed by atoms with Gasteiger partial charge in [0, 0.05) is 31.0 Å². The molecule has 0 spiro atoms. The molecule has 2 aliphatic rings. The van der Waals surface area contributed by atoms with Crippen LogP contribution >= 0.6 is 0 Å². The molecule has 0 atom stereocenters. The lowest BCUT2D eigenvalue weighted by Gasteiger charge is -2.37. The summed E-state index contributed by atoms with van der Waals surface area (Å²) in [5.41, 5.74) is 2.75. The van der Waals surface area contributed by atoms with E-state index in [0.717, 1.165) is 36.5 Å². The predicted molar refractivity (Wildman–Crippen MR) is 129 cm³/mol. The Morgan fingerprint density at radius 3 is 2.49 bits per heavy atom. The molecular weight excluding hydrogens is 482 g/mol. The van der Waals surface area contributed by atoms with Crippen molar-refractivity contribution in [1.82, 2.24) is 30.0 Å². The molecule has 0 saturated heterocycles. The van der Waals surface area contributed by atoms with Crippen molar-refractivity contribution in [2.45, 2.75) is 45.6 Å². The molecular formula is C26H26F2N6O3. The molecule has 2 amide bonds. The molecule has 2 aliphatic heterocycles. The summed E-state index contributed by atoms with van der Waals surface area (Å²) < 4.78 is 30.3. The molecule has 0 bridgehead atoms. The number of benzene rings is 1. The summed E-state index contributed by atoms with van der Waals surface area (Å²) in [5.74, 6) is -1.48. The van der Waals surface area contributed by atoms with E-state index in [0.29, 0.717) is 11.1 Å². The second kappa shape index (κ2) is 9.55.